The smallest absolute Gasteiger partial charge is 0.323 e. The van der Waals surface area contributed by atoms with Crippen molar-refractivity contribution in [1.29, 1.82) is 0 Å². The highest BCUT2D eigenvalue weighted by Gasteiger charge is 2.05. The van der Waals surface area contributed by atoms with Crippen molar-refractivity contribution in [3.63, 3.8) is 0 Å². The number of imidazole rings is 1. The summed E-state index contributed by atoms with van der Waals surface area (Å²) in [5, 5.41) is 6.19. The Morgan fingerprint density at radius 2 is 2.00 bits per heavy atom. The number of halogens is 1. The Labute approximate surface area is 141 Å². The van der Waals surface area contributed by atoms with Crippen LogP contribution in [-0.2, 0) is 11.2 Å². The number of aromatic nitrogens is 2. The summed E-state index contributed by atoms with van der Waals surface area (Å²) in [6.45, 7) is 5.66. The van der Waals surface area contributed by atoms with Gasteiger partial charge < -0.3 is 20.6 Å². The van der Waals surface area contributed by atoms with Gasteiger partial charge >= 0.3 is 5.69 Å². The van der Waals surface area contributed by atoms with Gasteiger partial charge in [0.1, 0.15) is 0 Å². The van der Waals surface area contributed by atoms with Gasteiger partial charge in [0.15, 0.2) is 0 Å². The van der Waals surface area contributed by atoms with Crippen molar-refractivity contribution < 1.29 is 4.79 Å². The van der Waals surface area contributed by atoms with E-state index in [0.717, 1.165) is 36.0 Å². The Morgan fingerprint density at radius 3 is 2.74 bits per heavy atom. The highest BCUT2D eigenvalue weighted by molar-refractivity contribution is 5.85. The van der Waals surface area contributed by atoms with Crippen LogP contribution in [-0.4, -0.2) is 35.0 Å². The molecule has 1 aromatic carbocycles. The van der Waals surface area contributed by atoms with Crippen LogP contribution in [0.2, 0.25) is 0 Å². The maximum absolute atomic E-state index is 11.8. The molecule has 1 amide bonds. The molecule has 6 nitrogen and oxygen atoms in total. The van der Waals surface area contributed by atoms with E-state index in [-0.39, 0.29) is 24.0 Å². The number of hydrogen-bond donors (Lipinski definition) is 4. The highest BCUT2D eigenvalue weighted by Crippen LogP contribution is 2.12. The van der Waals surface area contributed by atoms with Crippen LogP contribution in [0.15, 0.2) is 23.0 Å². The van der Waals surface area contributed by atoms with Gasteiger partial charge in [0.25, 0.3) is 0 Å². The van der Waals surface area contributed by atoms with E-state index in [1.165, 1.54) is 0 Å². The fourth-order valence-corrected chi connectivity index (χ4v) is 2.46. The molecule has 1 atom stereocenters. The van der Waals surface area contributed by atoms with Crippen LogP contribution in [0.1, 0.15) is 32.3 Å². The van der Waals surface area contributed by atoms with Crippen LogP contribution < -0.4 is 16.3 Å². The summed E-state index contributed by atoms with van der Waals surface area (Å²) in [5.74, 6) is 0.0842. The predicted molar refractivity (Wildman–Crippen MR) is 95.3 cm³/mol. The lowest BCUT2D eigenvalue weighted by Crippen LogP contribution is -2.38. The lowest BCUT2D eigenvalue weighted by molar-refractivity contribution is -0.121. The molecule has 128 valence electrons. The summed E-state index contributed by atoms with van der Waals surface area (Å²) in [7, 11) is 0. The maximum Gasteiger partial charge on any atom is 0.323 e. The number of amides is 1. The first-order chi connectivity index (χ1) is 10.6. The topological polar surface area (TPSA) is 89.8 Å². The van der Waals surface area contributed by atoms with Crippen molar-refractivity contribution >= 4 is 29.3 Å². The number of rotatable bonds is 8. The second-order valence-electron chi connectivity index (χ2n) is 5.58. The highest BCUT2D eigenvalue weighted by atomic mass is 35.5. The number of H-pyrrole nitrogens is 2. The zero-order chi connectivity index (χ0) is 15.9. The van der Waals surface area contributed by atoms with Crippen LogP contribution in [0.25, 0.3) is 11.0 Å². The first kappa shape index (κ1) is 19.3. The van der Waals surface area contributed by atoms with Gasteiger partial charge in [-0.15, -0.1) is 12.4 Å². The molecular formula is C16H25ClN4O2. The van der Waals surface area contributed by atoms with E-state index in [4.69, 9.17) is 0 Å². The second kappa shape index (κ2) is 9.37. The third-order valence-corrected chi connectivity index (χ3v) is 3.61. The number of carbonyl (C=O) groups excluding carboxylic acids is 1. The molecular weight excluding hydrogens is 316 g/mol. The van der Waals surface area contributed by atoms with E-state index in [9.17, 15) is 9.59 Å². The molecule has 1 heterocycles. The zero-order valence-electron chi connectivity index (χ0n) is 13.6. The summed E-state index contributed by atoms with van der Waals surface area (Å²) >= 11 is 0. The number of fused-ring (bicyclic) bond motifs is 1. The quantitative estimate of drug-likeness (QED) is 0.589. The molecule has 23 heavy (non-hydrogen) atoms. The van der Waals surface area contributed by atoms with Gasteiger partial charge in [-0.25, -0.2) is 4.79 Å². The third-order valence-electron chi connectivity index (χ3n) is 3.61. The largest absolute Gasteiger partial charge is 0.355 e. The van der Waals surface area contributed by atoms with Crippen molar-refractivity contribution in [2.75, 3.05) is 13.1 Å². The van der Waals surface area contributed by atoms with Crippen LogP contribution >= 0.6 is 12.4 Å². The van der Waals surface area contributed by atoms with E-state index in [0.29, 0.717) is 19.0 Å². The van der Waals surface area contributed by atoms with Gasteiger partial charge in [0.05, 0.1) is 11.0 Å². The molecule has 0 bridgehead atoms. The molecule has 2 aromatic rings. The fourth-order valence-electron chi connectivity index (χ4n) is 2.46. The average molecular weight is 341 g/mol. The number of likely N-dealkylation sites (N-methyl/N-ethyl adjacent to an activating group) is 1. The van der Waals surface area contributed by atoms with Gasteiger partial charge in [-0.2, -0.15) is 0 Å². The van der Waals surface area contributed by atoms with Crippen molar-refractivity contribution in [1.82, 2.24) is 20.6 Å². The van der Waals surface area contributed by atoms with E-state index >= 15 is 0 Å². The number of aryl methyl sites for hydroxylation is 1. The fraction of sp³-hybridized carbons (Fsp3) is 0.500. The Morgan fingerprint density at radius 1 is 1.26 bits per heavy atom. The lowest BCUT2D eigenvalue weighted by Gasteiger charge is -2.13. The summed E-state index contributed by atoms with van der Waals surface area (Å²) in [6, 6.07) is 6.12. The van der Waals surface area contributed by atoms with Crippen LogP contribution in [0.5, 0.6) is 0 Å². The molecule has 0 saturated heterocycles. The maximum atomic E-state index is 11.8. The van der Waals surface area contributed by atoms with Crippen molar-refractivity contribution in [2.24, 2.45) is 0 Å². The molecule has 4 N–H and O–H groups in total. The number of nitrogens with one attached hydrogen (secondary N) is 4. The normalized spacial score (nSPS) is 11.9. The Hall–Kier alpha value is -1.79. The Bertz CT molecular complexity index is 680. The third kappa shape index (κ3) is 6.08. The van der Waals surface area contributed by atoms with Crippen LogP contribution in [0.4, 0.5) is 0 Å². The summed E-state index contributed by atoms with van der Waals surface area (Å²) < 4.78 is 0. The number of benzene rings is 1. The first-order valence-corrected chi connectivity index (χ1v) is 7.79. The van der Waals surface area contributed by atoms with Crippen LogP contribution in [0, 0.1) is 0 Å². The average Bonchev–Trinajstić information content (AvgIpc) is 2.85. The van der Waals surface area contributed by atoms with Gasteiger partial charge in [-0.3, -0.25) is 4.79 Å². The molecule has 0 radical (unpaired) electrons. The lowest BCUT2D eigenvalue weighted by atomic mass is 10.1. The Kier molecular flexibility index (Phi) is 7.85. The molecule has 0 saturated carbocycles. The van der Waals surface area contributed by atoms with Crippen LogP contribution in [0.3, 0.4) is 0 Å². The number of carbonyl (C=O) groups is 1. The molecule has 0 fully saturated rings. The SMILES string of the molecule is CCN[C@H](C)CNC(=O)CCCc1ccc2[nH]c(=O)[nH]c2c1.Cl. The van der Waals surface area contributed by atoms with Crippen molar-refractivity contribution in [2.45, 2.75) is 39.2 Å². The van der Waals surface area contributed by atoms with Gasteiger partial charge in [-0.05, 0) is 44.0 Å². The Balaban J connectivity index is 0.00000264. The molecule has 2 rings (SSSR count). The molecule has 0 aliphatic carbocycles. The predicted octanol–water partition coefficient (Wildman–Crippen LogP) is 1.71. The standard InChI is InChI=1S/C16H24N4O2.ClH/c1-3-17-11(2)10-18-15(21)6-4-5-12-7-8-13-14(9-12)20-16(22)19-13;/h7-9,11,17H,3-6,10H2,1-2H3,(H,18,21)(H2,19,20,22);1H/t11-;/m1./s1. The minimum atomic E-state index is -0.193. The number of aromatic amines is 2. The number of hydrogen-bond acceptors (Lipinski definition) is 3. The summed E-state index contributed by atoms with van der Waals surface area (Å²) in [4.78, 5) is 28.4. The van der Waals surface area contributed by atoms with Crippen molar-refractivity contribution in [3.05, 3.63) is 34.2 Å². The van der Waals surface area contributed by atoms with E-state index < -0.39 is 0 Å². The minimum absolute atomic E-state index is 0. The minimum Gasteiger partial charge on any atom is -0.355 e. The second-order valence-corrected chi connectivity index (χ2v) is 5.58. The molecule has 0 spiro atoms. The molecule has 7 heteroatoms. The summed E-state index contributed by atoms with van der Waals surface area (Å²) in [5.41, 5.74) is 2.55. The van der Waals surface area contributed by atoms with Gasteiger partial charge in [0, 0.05) is 19.0 Å². The van der Waals surface area contributed by atoms with Gasteiger partial charge in [0.2, 0.25) is 5.91 Å². The first-order valence-electron chi connectivity index (χ1n) is 7.79. The molecule has 0 aliphatic rings. The monoisotopic (exact) mass is 340 g/mol. The van der Waals surface area contributed by atoms with Crippen molar-refractivity contribution in [3.8, 4) is 0 Å². The molecule has 0 aliphatic heterocycles. The van der Waals surface area contributed by atoms with Gasteiger partial charge in [-0.1, -0.05) is 13.0 Å². The molecule has 0 unspecified atom stereocenters. The summed E-state index contributed by atoms with van der Waals surface area (Å²) in [6.07, 6.45) is 2.13. The van der Waals surface area contributed by atoms with E-state index in [1.54, 1.807) is 0 Å². The zero-order valence-corrected chi connectivity index (χ0v) is 14.4. The van der Waals surface area contributed by atoms with E-state index in [2.05, 4.69) is 27.5 Å². The van der Waals surface area contributed by atoms with E-state index in [1.807, 2.05) is 25.1 Å². The molecule has 1 aromatic heterocycles.